The molecule has 128 valence electrons. The smallest absolute Gasteiger partial charge is 0.147 e. The molecule has 3 N–H and O–H groups in total. The average Bonchev–Trinajstić information content (AvgIpc) is 3.23. The van der Waals surface area contributed by atoms with Gasteiger partial charge in [-0.2, -0.15) is 5.48 Å². The SMILES string of the molecule is Fc1cccc2c1[nH]c1c3[nH]c4c(F)cccc4c3c3c(c21)CNOC3. The molecule has 0 saturated carbocycles. The molecule has 1 aliphatic heterocycles. The molecule has 4 nitrogen and oxygen atoms in total. The Morgan fingerprint density at radius 2 is 1.31 bits per heavy atom. The Kier molecular flexibility index (Phi) is 2.63. The molecular formula is C20H13F2N3O. The Labute approximate surface area is 145 Å². The molecule has 0 atom stereocenters. The van der Waals surface area contributed by atoms with Crippen LogP contribution in [0.1, 0.15) is 11.1 Å². The van der Waals surface area contributed by atoms with Crippen LogP contribution >= 0.6 is 0 Å². The third-order valence-corrected chi connectivity index (χ3v) is 5.35. The largest absolute Gasteiger partial charge is 0.350 e. The molecule has 0 radical (unpaired) electrons. The van der Waals surface area contributed by atoms with Crippen molar-refractivity contribution in [2.45, 2.75) is 13.2 Å². The van der Waals surface area contributed by atoms with Gasteiger partial charge in [0.2, 0.25) is 0 Å². The second kappa shape index (κ2) is 4.81. The average molecular weight is 349 g/mol. The number of aromatic amines is 2. The molecule has 6 heteroatoms. The van der Waals surface area contributed by atoms with Crippen LogP contribution in [-0.2, 0) is 18.0 Å². The van der Waals surface area contributed by atoms with Crippen molar-refractivity contribution in [3.05, 3.63) is 59.2 Å². The van der Waals surface area contributed by atoms with Gasteiger partial charge in [-0.15, -0.1) is 0 Å². The van der Waals surface area contributed by atoms with Gasteiger partial charge in [-0.1, -0.05) is 24.3 Å². The van der Waals surface area contributed by atoms with Crippen molar-refractivity contribution >= 4 is 43.6 Å². The zero-order valence-corrected chi connectivity index (χ0v) is 13.5. The number of rotatable bonds is 0. The highest BCUT2D eigenvalue weighted by Gasteiger charge is 2.24. The molecule has 26 heavy (non-hydrogen) atoms. The maximum absolute atomic E-state index is 14.4. The van der Waals surface area contributed by atoms with Crippen molar-refractivity contribution in [2.24, 2.45) is 0 Å². The summed E-state index contributed by atoms with van der Waals surface area (Å²) in [7, 11) is 0. The maximum Gasteiger partial charge on any atom is 0.147 e. The lowest BCUT2D eigenvalue weighted by atomic mass is 9.95. The normalized spacial score (nSPS) is 14.7. The summed E-state index contributed by atoms with van der Waals surface area (Å²) in [6.07, 6.45) is 0. The van der Waals surface area contributed by atoms with Crippen molar-refractivity contribution in [1.82, 2.24) is 15.4 Å². The fourth-order valence-corrected chi connectivity index (χ4v) is 4.27. The minimum absolute atomic E-state index is 0.303. The maximum atomic E-state index is 14.4. The number of hydroxylamine groups is 1. The van der Waals surface area contributed by atoms with Crippen molar-refractivity contribution in [3.63, 3.8) is 0 Å². The van der Waals surface area contributed by atoms with Crippen LogP contribution in [0.2, 0.25) is 0 Å². The van der Waals surface area contributed by atoms with Crippen molar-refractivity contribution < 1.29 is 13.6 Å². The summed E-state index contributed by atoms with van der Waals surface area (Å²) in [6.45, 7) is 0.875. The first kappa shape index (κ1) is 14.2. The zero-order valence-electron chi connectivity index (χ0n) is 13.5. The Bertz CT molecular complexity index is 1260. The minimum atomic E-state index is -0.308. The van der Waals surface area contributed by atoms with Gasteiger partial charge < -0.3 is 9.97 Å². The number of halogens is 2. The van der Waals surface area contributed by atoms with E-state index in [0.29, 0.717) is 24.2 Å². The number of para-hydroxylation sites is 2. The van der Waals surface area contributed by atoms with E-state index in [4.69, 9.17) is 4.84 Å². The van der Waals surface area contributed by atoms with Gasteiger partial charge in [0.15, 0.2) is 0 Å². The molecule has 0 bridgehead atoms. The molecule has 0 saturated heterocycles. The van der Waals surface area contributed by atoms with Gasteiger partial charge in [-0.05, 0) is 23.3 Å². The molecule has 0 spiro atoms. The van der Waals surface area contributed by atoms with E-state index in [0.717, 1.165) is 43.7 Å². The van der Waals surface area contributed by atoms with E-state index in [1.165, 1.54) is 12.1 Å². The molecular weight excluding hydrogens is 336 g/mol. The third-order valence-electron chi connectivity index (χ3n) is 5.35. The summed E-state index contributed by atoms with van der Waals surface area (Å²) >= 11 is 0. The van der Waals surface area contributed by atoms with Gasteiger partial charge >= 0.3 is 0 Å². The number of hydrogen-bond acceptors (Lipinski definition) is 2. The van der Waals surface area contributed by atoms with E-state index in [1.54, 1.807) is 12.1 Å². The molecule has 1 aliphatic rings. The van der Waals surface area contributed by atoms with Crippen LogP contribution in [0, 0.1) is 11.6 Å². The van der Waals surface area contributed by atoms with Crippen molar-refractivity contribution in [1.29, 1.82) is 0 Å². The fourth-order valence-electron chi connectivity index (χ4n) is 4.27. The minimum Gasteiger partial charge on any atom is -0.350 e. The summed E-state index contributed by atoms with van der Waals surface area (Å²) in [4.78, 5) is 11.9. The monoisotopic (exact) mass is 349 g/mol. The highest BCUT2D eigenvalue weighted by atomic mass is 19.1. The molecule has 0 amide bonds. The third kappa shape index (κ3) is 1.63. The summed E-state index contributed by atoms with van der Waals surface area (Å²) in [5, 5.41) is 3.50. The number of hydrogen-bond donors (Lipinski definition) is 3. The lowest BCUT2D eigenvalue weighted by Gasteiger charge is -2.20. The van der Waals surface area contributed by atoms with Gasteiger partial charge in [0.05, 0.1) is 28.7 Å². The number of aromatic nitrogens is 2. The number of fused-ring (bicyclic) bond motifs is 10. The summed E-state index contributed by atoms with van der Waals surface area (Å²) < 4.78 is 28.8. The molecule has 0 fully saturated rings. The predicted molar refractivity (Wildman–Crippen MR) is 96.7 cm³/mol. The van der Waals surface area contributed by atoms with Crippen LogP contribution in [0.4, 0.5) is 8.78 Å². The summed E-state index contributed by atoms with van der Waals surface area (Å²) in [6, 6.07) is 10.1. The van der Waals surface area contributed by atoms with E-state index < -0.39 is 0 Å². The Hall–Kier alpha value is -2.96. The van der Waals surface area contributed by atoms with Crippen molar-refractivity contribution in [2.75, 3.05) is 0 Å². The van der Waals surface area contributed by atoms with Gasteiger partial charge in [0.25, 0.3) is 0 Å². The van der Waals surface area contributed by atoms with Crippen LogP contribution in [-0.4, -0.2) is 9.97 Å². The van der Waals surface area contributed by atoms with Gasteiger partial charge in [-0.25, -0.2) is 8.78 Å². The lowest BCUT2D eigenvalue weighted by Crippen LogP contribution is -2.21. The zero-order chi connectivity index (χ0) is 17.4. The molecule has 2 aromatic heterocycles. The van der Waals surface area contributed by atoms with Crippen LogP contribution in [0.25, 0.3) is 43.6 Å². The van der Waals surface area contributed by atoms with E-state index in [2.05, 4.69) is 15.4 Å². The topological polar surface area (TPSA) is 52.8 Å². The fraction of sp³-hybridized carbons (Fsp3) is 0.100. The Morgan fingerprint density at radius 1 is 0.731 bits per heavy atom. The van der Waals surface area contributed by atoms with Gasteiger partial charge in [0.1, 0.15) is 11.6 Å². The molecule has 0 unspecified atom stereocenters. The van der Waals surface area contributed by atoms with E-state index >= 15 is 0 Å². The van der Waals surface area contributed by atoms with E-state index in [-0.39, 0.29) is 11.6 Å². The summed E-state index contributed by atoms with van der Waals surface area (Å²) in [5.41, 5.74) is 7.47. The van der Waals surface area contributed by atoms with Gasteiger partial charge in [0, 0.05) is 28.1 Å². The van der Waals surface area contributed by atoms with E-state index in [1.807, 2.05) is 12.1 Å². The number of benzene rings is 3. The second-order valence-electron chi connectivity index (χ2n) is 6.64. The first-order valence-electron chi connectivity index (χ1n) is 8.42. The first-order chi connectivity index (χ1) is 12.7. The number of nitrogens with one attached hydrogen (secondary N) is 3. The van der Waals surface area contributed by atoms with Crippen LogP contribution in [0.5, 0.6) is 0 Å². The highest BCUT2D eigenvalue weighted by molar-refractivity contribution is 6.24. The Balaban J connectivity index is 1.96. The summed E-state index contributed by atoms with van der Waals surface area (Å²) in [5.74, 6) is -0.611. The number of H-pyrrole nitrogens is 2. The van der Waals surface area contributed by atoms with Crippen molar-refractivity contribution in [3.8, 4) is 0 Å². The molecule has 3 heterocycles. The highest BCUT2D eigenvalue weighted by Crippen LogP contribution is 2.42. The lowest BCUT2D eigenvalue weighted by molar-refractivity contribution is 0.0122. The first-order valence-corrected chi connectivity index (χ1v) is 8.42. The van der Waals surface area contributed by atoms with Gasteiger partial charge in [-0.3, -0.25) is 4.84 Å². The molecule has 5 aromatic rings. The van der Waals surface area contributed by atoms with Crippen LogP contribution in [0.15, 0.2) is 36.4 Å². The van der Waals surface area contributed by atoms with Crippen LogP contribution < -0.4 is 5.48 Å². The quantitative estimate of drug-likeness (QED) is 0.377. The second-order valence-corrected chi connectivity index (χ2v) is 6.64. The standard InChI is InChI=1S/C20H13F2N3O/c21-13-5-1-3-9-15-11-7-23-26-8-12(11)16-10-4-2-6-14(22)18(10)25-20(16)19(15)24-17(9)13/h1-6,23-25H,7-8H2. The molecule has 6 rings (SSSR count). The predicted octanol–water partition coefficient (Wildman–Crippen LogP) is 4.77. The van der Waals surface area contributed by atoms with Crippen LogP contribution in [0.3, 0.4) is 0 Å². The molecule has 3 aromatic carbocycles. The Morgan fingerprint density at radius 3 is 1.92 bits per heavy atom. The molecule has 0 aliphatic carbocycles. The van der Waals surface area contributed by atoms with E-state index in [9.17, 15) is 8.78 Å².